The molecule has 0 aliphatic rings. The van der Waals surface area contributed by atoms with Gasteiger partial charge in [0.2, 0.25) is 5.88 Å². The molecule has 1 aromatic heterocycles. The fourth-order valence-electron chi connectivity index (χ4n) is 1.23. The third-order valence-corrected chi connectivity index (χ3v) is 2.13. The van der Waals surface area contributed by atoms with Crippen LogP contribution in [-0.4, -0.2) is 29.8 Å². The molecule has 0 aliphatic carbocycles. The number of carbonyl (C=O) groups is 1. The van der Waals surface area contributed by atoms with Crippen LogP contribution in [0.3, 0.4) is 0 Å². The van der Waals surface area contributed by atoms with Crippen molar-refractivity contribution in [2.45, 2.75) is 13.3 Å². The minimum absolute atomic E-state index is 0.108. The Balaban J connectivity index is 2.80. The number of hydrogen-bond donors (Lipinski definition) is 2. The highest BCUT2D eigenvalue weighted by Gasteiger charge is 2.08. The second kappa shape index (κ2) is 6.48. The van der Waals surface area contributed by atoms with Gasteiger partial charge in [-0.15, -0.1) is 0 Å². The standard InChI is InChI=1S/C12H16N2O4/c1-3-4-10(15)8-5-9(13)12(14-6-8)18-7-11(16)17-2/h4-6,15H,3,7,13H2,1-2H3/b10-4-. The lowest BCUT2D eigenvalue weighted by Gasteiger charge is -2.08. The number of esters is 1. The van der Waals surface area contributed by atoms with Crippen LogP contribution in [-0.2, 0) is 9.53 Å². The first-order valence-corrected chi connectivity index (χ1v) is 5.43. The molecule has 0 unspecified atom stereocenters. The molecule has 1 rings (SSSR count). The summed E-state index contributed by atoms with van der Waals surface area (Å²) in [5.41, 5.74) is 6.45. The summed E-state index contributed by atoms with van der Waals surface area (Å²) in [6.45, 7) is 1.64. The summed E-state index contributed by atoms with van der Waals surface area (Å²) < 4.78 is 9.50. The average molecular weight is 252 g/mol. The number of aliphatic hydroxyl groups excluding tert-OH is 1. The Bertz CT molecular complexity index is 457. The molecule has 0 spiro atoms. The van der Waals surface area contributed by atoms with Crippen LogP contribution in [0.1, 0.15) is 18.9 Å². The lowest BCUT2D eigenvalue weighted by Crippen LogP contribution is -2.14. The van der Waals surface area contributed by atoms with Crippen molar-refractivity contribution >= 4 is 17.4 Å². The van der Waals surface area contributed by atoms with Crippen LogP contribution in [0.25, 0.3) is 5.76 Å². The number of nitrogens with two attached hydrogens (primary N) is 1. The molecule has 1 aromatic rings. The highest BCUT2D eigenvalue weighted by molar-refractivity contribution is 5.71. The van der Waals surface area contributed by atoms with Gasteiger partial charge in [-0.05, 0) is 18.6 Å². The molecule has 98 valence electrons. The van der Waals surface area contributed by atoms with Gasteiger partial charge in [-0.1, -0.05) is 6.92 Å². The second-order valence-corrected chi connectivity index (χ2v) is 3.48. The third kappa shape index (κ3) is 3.65. The van der Waals surface area contributed by atoms with Gasteiger partial charge in [-0.3, -0.25) is 0 Å². The second-order valence-electron chi connectivity index (χ2n) is 3.48. The Kier molecular flexibility index (Phi) is 4.98. The predicted molar refractivity (Wildman–Crippen MR) is 67.1 cm³/mol. The summed E-state index contributed by atoms with van der Waals surface area (Å²) in [5, 5.41) is 9.64. The molecule has 0 bridgehead atoms. The minimum atomic E-state index is -0.519. The van der Waals surface area contributed by atoms with E-state index in [1.165, 1.54) is 19.4 Å². The maximum atomic E-state index is 10.9. The summed E-state index contributed by atoms with van der Waals surface area (Å²) in [7, 11) is 1.26. The number of anilines is 1. The summed E-state index contributed by atoms with van der Waals surface area (Å²) in [4.78, 5) is 14.8. The van der Waals surface area contributed by atoms with Crippen molar-refractivity contribution in [3.63, 3.8) is 0 Å². The van der Waals surface area contributed by atoms with Crippen molar-refractivity contribution in [3.8, 4) is 5.88 Å². The Morgan fingerprint density at radius 3 is 2.89 bits per heavy atom. The topological polar surface area (TPSA) is 94.7 Å². The zero-order chi connectivity index (χ0) is 13.5. The molecule has 6 nitrogen and oxygen atoms in total. The smallest absolute Gasteiger partial charge is 0.343 e. The number of aromatic nitrogens is 1. The lowest BCUT2D eigenvalue weighted by atomic mass is 10.2. The number of nitrogens with zero attached hydrogens (tertiary/aromatic N) is 1. The minimum Gasteiger partial charge on any atom is -0.508 e. The van der Waals surface area contributed by atoms with Crippen molar-refractivity contribution < 1.29 is 19.4 Å². The largest absolute Gasteiger partial charge is 0.508 e. The van der Waals surface area contributed by atoms with Crippen molar-refractivity contribution in [1.82, 2.24) is 4.98 Å². The summed E-state index contributed by atoms with van der Waals surface area (Å²) in [5.74, 6) is -0.279. The van der Waals surface area contributed by atoms with Crippen LogP contribution in [0, 0.1) is 0 Å². The van der Waals surface area contributed by atoms with Gasteiger partial charge in [-0.25, -0.2) is 9.78 Å². The maximum absolute atomic E-state index is 10.9. The van der Waals surface area contributed by atoms with Crippen LogP contribution in [0.5, 0.6) is 5.88 Å². The van der Waals surface area contributed by atoms with Crippen LogP contribution in [0.4, 0.5) is 5.69 Å². The molecule has 6 heteroatoms. The number of aliphatic hydroxyl groups is 1. The van der Waals surface area contributed by atoms with Gasteiger partial charge in [0.1, 0.15) is 5.76 Å². The number of pyridine rings is 1. The molecule has 0 saturated heterocycles. The zero-order valence-corrected chi connectivity index (χ0v) is 10.3. The highest BCUT2D eigenvalue weighted by atomic mass is 16.6. The van der Waals surface area contributed by atoms with E-state index in [2.05, 4.69) is 9.72 Å². The van der Waals surface area contributed by atoms with E-state index < -0.39 is 5.97 Å². The fraction of sp³-hybridized carbons (Fsp3) is 0.333. The Labute approximate surface area is 105 Å². The van der Waals surface area contributed by atoms with Crippen molar-refractivity contribution in [3.05, 3.63) is 23.9 Å². The number of rotatable bonds is 5. The number of ether oxygens (including phenoxy) is 2. The van der Waals surface area contributed by atoms with E-state index in [0.717, 1.165) is 0 Å². The first kappa shape index (κ1) is 13.8. The molecule has 3 N–H and O–H groups in total. The highest BCUT2D eigenvalue weighted by Crippen LogP contribution is 2.22. The van der Waals surface area contributed by atoms with E-state index in [4.69, 9.17) is 10.5 Å². The summed E-state index contributed by atoms with van der Waals surface area (Å²) in [6, 6.07) is 1.53. The van der Waals surface area contributed by atoms with Gasteiger partial charge in [-0.2, -0.15) is 0 Å². The Hall–Kier alpha value is -2.24. The first-order chi connectivity index (χ1) is 8.58. The van der Waals surface area contributed by atoms with E-state index >= 15 is 0 Å². The molecule has 0 aliphatic heterocycles. The number of methoxy groups -OCH3 is 1. The van der Waals surface area contributed by atoms with Crippen LogP contribution in [0.15, 0.2) is 18.3 Å². The molecule has 1 heterocycles. The molecule has 0 amide bonds. The van der Waals surface area contributed by atoms with Gasteiger partial charge in [0.15, 0.2) is 6.61 Å². The molecule has 0 aromatic carbocycles. The van der Waals surface area contributed by atoms with Gasteiger partial charge in [0.05, 0.1) is 12.8 Å². The van der Waals surface area contributed by atoms with Gasteiger partial charge in [0.25, 0.3) is 0 Å². The summed E-state index contributed by atoms with van der Waals surface area (Å²) in [6.07, 6.45) is 3.77. The first-order valence-electron chi connectivity index (χ1n) is 5.43. The SMILES string of the molecule is CC/C=C(\O)c1cnc(OCC(=O)OC)c(N)c1. The molecule has 0 saturated carbocycles. The maximum Gasteiger partial charge on any atom is 0.343 e. The normalized spacial score (nSPS) is 11.1. The van der Waals surface area contributed by atoms with Crippen LogP contribution >= 0.6 is 0 Å². The van der Waals surface area contributed by atoms with E-state index in [1.54, 1.807) is 6.08 Å². The van der Waals surface area contributed by atoms with Gasteiger partial charge >= 0.3 is 5.97 Å². The number of nitrogen functional groups attached to an aromatic ring is 1. The zero-order valence-electron chi connectivity index (χ0n) is 10.3. The van der Waals surface area contributed by atoms with Crippen molar-refractivity contribution in [2.24, 2.45) is 0 Å². The van der Waals surface area contributed by atoms with Crippen molar-refractivity contribution in [2.75, 3.05) is 19.5 Å². The lowest BCUT2D eigenvalue weighted by molar-refractivity contribution is -0.143. The fourth-order valence-corrected chi connectivity index (χ4v) is 1.23. The predicted octanol–water partition coefficient (Wildman–Crippen LogP) is 1.52. The van der Waals surface area contributed by atoms with E-state index in [9.17, 15) is 9.90 Å². The van der Waals surface area contributed by atoms with Crippen LogP contribution in [0.2, 0.25) is 0 Å². The monoisotopic (exact) mass is 252 g/mol. The van der Waals surface area contributed by atoms with Crippen molar-refractivity contribution in [1.29, 1.82) is 0 Å². The molecule has 0 atom stereocenters. The Morgan fingerprint density at radius 1 is 1.61 bits per heavy atom. The average Bonchev–Trinajstić information content (AvgIpc) is 2.37. The van der Waals surface area contributed by atoms with Gasteiger partial charge < -0.3 is 20.3 Å². The Morgan fingerprint density at radius 2 is 2.33 bits per heavy atom. The molecular formula is C12H16N2O4. The molecule has 18 heavy (non-hydrogen) atoms. The number of hydrogen-bond acceptors (Lipinski definition) is 6. The van der Waals surface area contributed by atoms with Crippen LogP contribution < -0.4 is 10.5 Å². The third-order valence-electron chi connectivity index (χ3n) is 2.13. The summed E-state index contributed by atoms with van der Waals surface area (Å²) >= 11 is 0. The molecule has 0 radical (unpaired) electrons. The quantitative estimate of drug-likeness (QED) is 0.609. The number of carbonyl (C=O) groups excluding carboxylic acids is 1. The van der Waals surface area contributed by atoms with E-state index in [1.807, 2.05) is 6.92 Å². The molecular weight excluding hydrogens is 236 g/mol. The number of allylic oxidation sites excluding steroid dienone is 1. The molecule has 0 fully saturated rings. The van der Waals surface area contributed by atoms with E-state index in [-0.39, 0.29) is 23.9 Å². The van der Waals surface area contributed by atoms with Gasteiger partial charge in [0, 0.05) is 11.8 Å². The van der Waals surface area contributed by atoms with E-state index in [0.29, 0.717) is 12.0 Å².